The molecule has 0 saturated carbocycles. The van der Waals surface area contributed by atoms with Gasteiger partial charge < -0.3 is 10.1 Å². The SMILES string of the molecule is Cc1ccc(NC(=O)COC(=O)c2ccc3c(c2)CCCN3S(C)(=O)=O)c(F)c1. The summed E-state index contributed by atoms with van der Waals surface area (Å²) in [5.41, 5.74) is 2.21. The quantitative estimate of drug-likeness (QED) is 0.751. The molecule has 9 heteroatoms. The molecule has 1 N–H and O–H groups in total. The second kappa shape index (κ2) is 8.20. The lowest BCUT2D eigenvalue weighted by molar-refractivity contribution is -0.119. The molecule has 0 unspecified atom stereocenters. The molecule has 0 fully saturated rings. The average Bonchev–Trinajstić information content (AvgIpc) is 2.66. The van der Waals surface area contributed by atoms with Gasteiger partial charge in [-0.3, -0.25) is 9.10 Å². The van der Waals surface area contributed by atoms with E-state index in [1.54, 1.807) is 25.1 Å². The first-order chi connectivity index (χ1) is 13.6. The number of nitrogens with one attached hydrogen (secondary N) is 1. The maximum Gasteiger partial charge on any atom is 0.338 e. The van der Waals surface area contributed by atoms with Gasteiger partial charge in [0, 0.05) is 6.54 Å². The summed E-state index contributed by atoms with van der Waals surface area (Å²) >= 11 is 0. The fourth-order valence-corrected chi connectivity index (χ4v) is 4.15. The number of carbonyl (C=O) groups excluding carboxylic acids is 2. The van der Waals surface area contributed by atoms with Crippen LogP contribution in [-0.4, -0.2) is 39.7 Å². The summed E-state index contributed by atoms with van der Waals surface area (Å²) < 4.78 is 43.9. The van der Waals surface area contributed by atoms with Gasteiger partial charge in [-0.1, -0.05) is 6.07 Å². The zero-order chi connectivity index (χ0) is 21.2. The van der Waals surface area contributed by atoms with E-state index in [4.69, 9.17) is 4.74 Å². The van der Waals surface area contributed by atoms with E-state index in [-0.39, 0.29) is 11.3 Å². The minimum atomic E-state index is -3.40. The molecule has 0 spiro atoms. The Kier molecular flexibility index (Phi) is 5.88. The number of nitrogens with zero attached hydrogens (tertiary/aromatic N) is 1. The number of esters is 1. The molecular weight excluding hydrogens is 399 g/mol. The molecule has 1 amide bonds. The second-order valence-corrected chi connectivity index (χ2v) is 8.80. The highest BCUT2D eigenvalue weighted by atomic mass is 32.2. The summed E-state index contributed by atoms with van der Waals surface area (Å²) in [7, 11) is -3.40. The van der Waals surface area contributed by atoms with Crippen LogP contribution in [0.25, 0.3) is 0 Å². The van der Waals surface area contributed by atoms with Gasteiger partial charge in [0.2, 0.25) is 10.0 Å². The van der Waals surface area contributed by atoms with Crippen LogP contribution in [0.15, 0.2) is 36.4 Å². The summed E-state index contributed by atoms with van der Waals surface area (Å²) in [6.45, 7) is 1.55. The van der Waals surface area contributed by atoms with Crippen LogP contribution in [0.4, 0.5) is 15.8 Å². The number of sulfonamides is 1. The maximum atomic E-state index is 13.8. The molecule has 154 valence electrons. The zero-order valence-corrected chi connectivity index (χ0v) is 16.9. The first-order valence-corrected chi connectivity index (χ1v) is 10.8. The lowest BCUT2D eigenvalue weighted by Crippen LogP contribution is -2.34. The number of hydrogen-bond donors (Lipinski definition) is 1. The minimum absolute atomic E-state index is 0.00583. The Morgan fingerprint density at radius 3 is 2.66 bits per heavy atom. The number of halogens is 1. The van der Waals surface area contributed by atoms with E-state index in [9.17, 15) is 22.4 Å². The van der Waals surface area contributed by atoms with Gasteiger partial charge >= 0.3 is 5.97 Å². The number of aryl methyl sites for hydroxylation is 2. The van der Waals surface area contributed by atoms with Crippen molar-refractivity contribution in [3.63, 3.8) is 0 Å². The second-order valence-electron chi connectivity index (χ2n) is 6.89. The van der Waals surface area contributed by atoms with Gasteiger partial charge in [0.25, 0.3) is 5.91 Å². The number of benzene rings is 2. The fourth-order valence-electron chi connectivity index (χ4n) is 3.16. The predicted octanol–water partition coefficient (Wildman–Crippen LogP) is 2.64. The van der Waals surface area contributed by atoms with E-state index in [1.165, 1.54) is 22.5 Å². The third-order valence-electron chi connectivity index (χ3n) is 4.52. The van der Waals surface area contributed by atoms with Crippen LogP contribution in [0, 0.1) is 12.7 Å². The Bertz CT molecular complexity index is 1070. The molecular formula is C20H21FN2O5S. The van der Waals surface area contributed by atoms with Crippen LogP contribution in [-0.2, 0) is 26.0 Å². The summed E-state index contributed by atoms with van der Waals surface area (Å²) in [4.78, 5) is 24.2. The average molecular weight is 420 g/mol. The van der Waals surface area contributed by atoms with E-state index >= 15 is 0 Å². The van der Waals surface area contributed by atoms with Crippen molar-refractivity contribution >= 4 is 33.3 Å². The number of hydrogen-bond acceptors (Lipinski definition) is 5. The highest BCUT2D eigenvalue weighted by molar-refractivity contribution is 7.92. The normalized spacial score (nSPS) is 13.6. The minimum Gasteiger partial charge on any atom is -0.452 e. The Morgan fingerprint density at radius 2 is 1.97 bits per heavy atom. The van der Waals surface area contributed by atoms with Crippen LogP contribution in [0.2, 0.25) is 0 Å². The number of carbonyl (C=O) groups is 2. The van der Waals surface area contributed by atoms with Crippen molar-refractivity contribution in [2.45, 2.75) is 19.8 Å². The van der Waals surface area contributed by atoms with Gasteiger partial charge in [0.1, 0.15) is 5.82 Å². The van der Waals surface area contributed by atoms with Crippen LogP contribution in [0.3, 0.4) is 0 Å². The molecule has 0 saturated heterocycles. The van der Waals surface area contributed by atoms with E-state index in [1.807, 2.05) is 0 Å². The molecule has 3 rings (SSSR count). The molecule has 29 heavy (non-hydrogen) atoms. The monoisotopic (exact) mass is 420 g/mol. The van der Waals surface area contributed by atoms with Crippen molar-refractivity contribution in [1.29, 1.82) is 0 Å². The Hall–Kier alpha value is -2.94. The van der Waals surface area contributed by atoms with Gasteiger partial charge in [-0.05, 0) is 61.2 Å². The van der Waals surface area contributed by atoms with Crippen molar-refractivity contribution in [2.24, 2.45) is 0 Å². The van der Waals surface area contributed by atoms with Crippen molar-refractivity contribution in [3.8, 4) is 0 Å². The van der Waals surface area contributed by atoms with Gasteiger partial charge in [-0.25, -0.2) is 17.6 Å². The first kappa shape index (κ1) is 20.8. The number of anilines is 2. The summed E-state index contributed by atoms with van der Waals surface area (Å²) in [6.07, 6.45) is 2.42. The molecule has 0 atom stereocenters. The van der Waals surface area contributed by atoms with Crippen molar-refractivity contribution in [2.75, 3.05) is 29.0 Å². The first-order valence-electron chi connectivity index (χ1n) is 8.99. The maximum absolute atomic E-state index is 13.8. The summed E-state index contributed by atoms with van der Waals surface area (Å²) in [6, 6.07) is 8.97. The van der Waals surface area contributed by atoms with Gasteiger partial charge in [-0.15, -0.1) is 0 Å². The fraction of sp³-hybridized carbons (Fsp3) is 0.300. The van der Waals surface area contributed by atoms with E-state index in [2.05, 4.69) is 5.32 Å². The van der Waals surface area contributed by atoms with Crippen LogP contribution >= 0.6 is 0 Å². The van der Waals surface area contributed by atoms with Crippen molar-refractivity contribution in [3.05, 3.63) is 58.9 Å². The molecule has 1 aliphatic rings. The van der Waals surface area contributed by atoms with Crippen LogP contribution < -0.4 is 9.62 Å². The lowest BCUT2D eigenvalue weighted by atomic mass is 10.0. The molecule has 7 nitrogen and oxygen atoms in total. The lowest BCUT2D eigenvalue weighted by Gasteiger charge is -2.29. The van der Waals surface area contributed by atoms with E-state index in [0.717, 1.165) is 11.8 Å². The molecule has 0 aliphatic carbocycles. The molecule has 0 bridgehead atoms. The predicted molar refractivity (Wildman–Crippen MR) is 107 cm³/mol. The Labute approximate surface area is 168 Å². The zero-order valence-electron chi connectivity index (χ0n) is 16.1. The Balaban J connectivity index is 1.64. The Morgan fingerprint density at radius 1 is 1.21 bits per heavy atom. The van der Waals surface area contributed by atoms with Gasteiger partial charge in [0.05, 0.1) is 23.2 Å². The number of ether oxygens (including phenoxy) is 1. The molecule has 1 heterocycles. The third-order valence-corrected chi connectivity index (χ3v) is 5.70. The van der Waals surface area contributed by atoms with Gasteiger partial charge in [0.15, 0.2) is 6.61 Å². The smallest absolute Gasteiger partial charge is 0.338 e. The largest absolute Gasteiger partial charge is 0.452 e. The summed E-state index contributed by atoms with van der Waals surface area (Å²) in [5, 5.41) is 2.35. The molecule has 2 aromatic carbocycles. The number of amides is 1. The van der Waals surface area contributed by atoms with Crippen LogP contribution in [0.5, 0.6) is 0 Å². The highest BCUT2D eigenvalue weighted by Gasteiger charge is 2.25. The number of fused-ring (bicyclic) bond motifs is 1. The standard InChI is InChI=1S/C20H21FN2O5S/c1-13-5-7-17(16(21)10-13)22-19(24)12-28-20(25)15-6-8-18-14(11-15)4-3-9-23(18)29(2,26)27/h5-8,10-11H,3-4,9,12H2,1-2H3,(H,22,24). The van der Waals surface area contributed by atoms with Gasteiger partial charge in [-0.2, -0.15) is 0 Å². The number of rotatable bonds is 5. The molecule has 1 aliphatic heterocycles. The van der Waals surface area contributed by atoms with Crippen molar-refractivity contribution in [1.82, 2.24) is 0 Å². The molecule has 0 aromatic heterocycles. The third kappa shape index (κ3) is 4.92. The summed E-state index contributed by atoms with van der Waals surface area (Å²) in [5.74, 6) is -1.96. The van der Waals surface area contributed by atoms with E-state index < -0.39 is 34.3 Å². The van der Waals surface area contributed by atoms with E-state index in [0.29, 0.717) is 30.6 Å². The van der Waals surface area contributed by atoms with Crippen molar-refractivity contribution < 1.29 is 27.1 Å². The molecule has 2 aromatic rings. The van der Waals surface area contributed by atoms with Crippen LogP contribution in [0.1, 0.15) is 27.9 Å². The highest BCUT2D eigenvalue weighted by Crippen LogP contribution is 2.30. The topological polar surface area (TPSA) is 92.8 Å². The molecule has 0 radical (unpaired) electrons.